The van der Waals surface area contributed by atoms with Crippen molar-refractivity contribution in [2.24, 2.45) is 0 Å². The average molecular weight is 549 g/mol. The van der Waals surface area contributed by atoms with Crippen LogP contribution in [0.2, 0.25) is 0 Å². The van der Waals surface area contributed by atoms with Crippen LogP contribution >= 0.6 is 11.8 Å². The highest BCUT2D eigenvalue weighted by molar-refractivity contribution is 7.99. The summed E-state index contributed by atoms with van der Waals surface area (Å²) in [6.45, 7) is 3.97. The van der Waals surface area contributed by atoms with Crippen molar-refractivity contribution in [1.82, 2.24) is 9.97 Å². The molecule has 2 aromatic carbocycles. The molecule has 0 amide bonds. The highest BCUT2D eigenvalue weighted by atomic mass is 32.2. The second-order valence-corrected chi connectivity index (χ2v) is 13.7. The number of benzene rings is 2. The molecule has 0 saturated heterocycles. The van der Waals surface area contributed by atoms with Crippen molar-refractivity contribution in [2.45, 2.75) is 40.8 Å². The zero-order chi connectivity index (χ0) is 25.8. The van der Waals surface area contributed by atoms with Crippen molar-refractivity contribution in [3.8, 4) is 5.75 Å². The van der Waals surface area contributed by atoms with Gasteiger partial charge in [0.2, 0.25) is 0 Å². The third-order valence-corrected chi connectivity index (χ3v) is 9.44. The van der Waals surface area contributed by atoms with E-state index >= 15 is 0 Å². The number of fused-ring (bicyclic) bond motifs is 2. The summed E-state index contributed by atoms with van der Waals surface area (Å²) in [4.78, 5) is 8.41. The number of hydrogen-bond donors (Lipinski definition) is 2. The van der Waals surface area contributed by atoms with Crippen molar-refractivity contribution < 1.29 is 34.2 Å². The SMILES string of the molecule is CC(C)(C)S(=O)(=O)c1cc2c(Nc3ccc4c(c3)NCS4)ncnc2cc1OS(=O)(=O)C(F)(F)F. The van der Waals surface area contributed by atoms with E-state index in [4.69, 9.17) is 0 Å². The Labute approximate surface area is 203 Å². The summed E-state index contributed by atoms with van der Waals surface area (Å²) >= 11 is 1.63. The molecule has 2 N–H and O–H groups in total. The Morgan fingerprint density at radius 2 is 1.77 bits per heavy atom. The van der Waals surface area contributed by atoms with Gasteiger partial charge in [0.15, 0.2) is 15.6 Å². The van der Waals surface area contributed by atoms with E-state index in [1.165, 1.54) is 20.8 Å². The smallest absolute Gasteiger partial charge is 0.375 e. The summed E-state index contributed by atoms with van der Waals surface area (Å²) in [5.74, 6) is -0.128. The predicted octanol–water partition coefficient (Wildman–Crippen LogP) is 4.65. The summed E-state index contributed by atoms with van der Waals surface area (Å²) in [5.41, 5.74) is -4.29. The molecule has 2 heterocycles. The number of rotatable bonds is 5. The van der Waals surface area contributed by atoms with Crippen LogP contribution in [-0.2, 0) is 20.0 Å². The molecule has 0 atom stereocenters. The summed E-state index contributed by atoms with van der Waals surface area (Å²) in [7, 11) is -10.5. The highest BCUT2D eigenvalue weighted by Gasteiger charge is 2.49. The number of thioether (sulfide) groups is 1. The lowest BCUT2D eigenvalue weighted by Gasteiger charge is -2.22. The topological polar surface area (TPSA) is 127 Å². The number of aromatic nitrogens is 2. The van der Waals surface area contributed by atoms with Gasteiger partial charge in [-0.25, -0.2) is 18.4 Å². The van der Waals surface area contributed by atoms with Crippen LogP contribution in [0.25, 0.3) is 10.9 Å². The molecule has 9 nitrogen and oxygen atoms in total. The van der Waals surface area contributed by atoms with Crippen molar-refractivity contribution in [3.63, 3.8) is 0 Å². The van der Waals surface area contributed by atoms with Gasteiger partial charge < -0.3 is 14.8 Å². The normalized spacial score (nSPS) is 14.5. The van der Waals surface area contributed by atoms with Crippen molar-refractivity contribution >= 4 is 59.8 Å². The fraction of sp³-hybridized carbons (Fsp3) is 0.300. The van der Waals surface area contributed by atoms with E-state index in [-0.39, 0.29) is 16.7 Å². The zero-order valence-electron chi connectivity index (χ0n) is 18.5. The maximum absolute atomic E-state index is 13.2. The Balaban J connectivity index is 1.89. The van der Waals surface area contributed by atoms with Crippen LogP contribution in [0, 0.1) is 0 Å². The van der Waals surface area contributed by atoms with Gasteiger partial charge >= 0.3 is 15.6 Å². The van der Waals surface area contributed by atoms with Crippen LogP contribution in [0.15, 0.2) is 46.5 Å². The number of nitrogens with zero attached hydrogens (tertiary/aromatic N) is 2. The summed E-state index contributed by atoms with van der Waals surface area (Å²) < 4.78 is 91.6. The monoisotopic (exact) mass is 548 g/mol. The maximum atomic E-state index is 13.2. The third kappa shape index (κ3) is 4.71. The number of halogens is 3. The molecule has 0 radical (unpaired) electrons. The van der Waals surface area contributed by atoms with Crippen LogP contribution in [0.1, 0.15) is 20.8 Å². The molecule has 0 saturated carbocycles. The Morgan fingerprint density at radius 1 is 1.06 bits per heavy atom. The standard InChI is InChI=1S/C20H19F3N4O5S3/c1-19(2,3)34(28,29)17-7-12-13(8-15(17)32-35(30,31)20(21,22)23)24-9-25-18(12)27-11-4-5-16-14(6-11)26-10-33-16/h4-9,26H,10H2,1-3H3,(H,24,25,27). The maximum Gasteiger partial charge on any atom is 0.534 e. The van der Waals surface area contributed by atoms with E-state index in [1.54, 1.807) is 17.8 Å². The van der Waals surface area contributed by atoms with Crippen LogP contribution in [0.4, 0.5) is 30.4 Å². The minimum atomic E-state index is -6.14. The Morgan fingerprint density at radius 3 is 2.43 bits per heavy atom. The number of alkyl halides is 3. The van der Waals surface area contributed by atoms with Crippen LogP contribution in [0.5, 0.6) is 5.75 Å². The first-order chi connectivity index (χ1) is 16.1. The number of hydrogen-bond acceptors (Lipinski definition) is 10. The van der Waals surface area contributed by atoms with Gasteiger partial charge in [-0.05, 0) is 45.0 Å². The van der Waals surface area contributed by atoms with Gasteiger partial charge in [0.25, 0.3) is 0 Å². The van der Waals surface area contributed by atoms with E-state index in [1.807, 2.05) is 12.1 Å². The van der Waals surface area contributed by atoms with Crippen molar-refractivity contribution in [3.05, 3.63) is 36.7 Å². The van der Waals surface area contributed by atoms with Gasteiger partial charge in [-0.1, -0.05) is 0 Å². The fourth-order valence-corrected chi connectivity index (χ4v) is 5.79. The van der Waals surface area contributed by atoms with Crippen LogP contribution in [0.3, 0.4) is 0 Å². The van der Waals surface area contributed by atoms with E-state index in [9.17, 15) is 30.0 Å². The molecule has 1 aromatic heterocycles. The summed E-state index contributed by atoms with van der Waals surface area (Å²) in [5, 5.41) is 6.38. The van der Waals surface area contributed by atoms with Gasteiger partial charge in [-0.3, -0.25) is 0 Å². The molecule has 1 aliphatic heterocycles. The molecule has 0 bridgehead atoms. The molecular weight excluding hydrogens is 529 g/mol. The molecule has 1 aliphatic rings. The first-order valence-corrected chi connectivity index (χ1v) is 13.8. The van der Waals surface area contributed by atoms with E-state index in [0.29, 0.717) is 11.6 Å². The largest absolute Gasteiger partial charge is 0.534 e. The molecule has 4 rings (SSSR count). The molecular formula is C20H19F3N4O5S3. The van der Waals surface area contributed by atoms with Gasteiger partial charge in [0.1, 0.15) is 17.0 Å². The lowest BCUT2D eigenvalue weighted by molar-refractivity contribution is -0.0500. The number of nitrogens with one attached hydrogen (secondary N) is 2. The molecule has 0 aliphatic carbocycles. The average Bonchev–Trinajstić information content (AvgIpc) is 3.19. The number of anilines is 3. The first kappa shape index (κ1) is 25.3. The van der Waals surface area contributed by atoms with Gasteiger partial charge in [0, 0.05) is 22.0 Å². The first-order valence-electron chi connectivity index (χ1n) is 9.92. The van der Waals surface area contributed by atoms with E-state index in [2.05, 4.69) is 24.8 Å². The molecule has 35 heavy (non-hydrogen) atoms. The fourth-order valence-electron chi connectivity index (χ4n) is 3.13. The lowest BCUT2D eigenvalue weighted by Crippen LogP contribution is -2.31. The summed E-state index contributed by atoms with van der Waals surface area (Å²) in [6, 6.07) is 7.34. The van der Waals surface area contributed by atoms with Crippen LogP contribution in [-0.4, -0.2) is 42.9 Å². The van der Waals surface area contributed by atoms with Gasteiger partial charge in [0.05, 0.1) is 21.8 Å². The Hall–Kier alpha value is -2.78. The molecule has 15 heteroatoms. The number of sulfone groups is 1. The molecule has 0 unspecified atom stereocenters. The molecule has 3 aromatic rings. The predicted molar refractivity (Wildman–Crippen MR) is 126 cm³/mol. The van der Waals surface area contributed by atoms with Gasteiger partial charge in [-0.15, -0.1) is 11.8 Å². The molecule has 0 fully saturated rings. The summed E-state index contributed by atoms with van der Waals surface area (Å²) in [6.07, 6.45) is 1.10. The minimum absolute atomic E-state index is 0.0300. The van der Waals surface area contributed by atoms with E-state index < -0.39 is 40.9 Å². The molecule has 0 spiro atoms. The Kier molecular flexibility index (Phi) is 6.08. The lowest BCUT2D eigenvalue weighted by atomic mass is 10.2. The second-order valence-electron chi connectivity index (χ2n) is 8.44. The van der Waals surface area contributed by atoms with Crippen LogP contribution < -0.4 is 14.8 Å². The Bertz CT molecular complexity index is 1540. The highest BCUT2D eigenvalue weighted by Crippen LogP contribution is 2.40. The van der Waals surface area contributed by atoms with Crippen molar-refractivity contribution in [1.29, 1.82) is 0 Å². The third-order valence-electron chi connectivity index (χ3n) is 5.01. The van der Waals surface area contributed by atoms with Gasteiger partial charge in [-0.2, -0.15) is 21.6 Å². The second kappa shape index (κ2) is 8.41. The van der Waals surface area contributed by atoms with E-state index in [0.717, 1.165) is 29.0 Å². The molecule has 188 valence electrons. The quantitative estimate of drug-likeness (QED) is 0.344. The zero-order valence-corrected chi connectivity index (χ0v) is 20.9. The van der Waals surface area contributed by atoms with Crippen molar-refractivity contribution in [2.75, 3.05) is 16.5 Å². The minimum Gasteiger partial charge on any atom is -0.375 e.